The second-order valence-electron chi connectivity index (χ2n) is 3.43. The molecule has 1 aromatic carbocycles. The molecule has 0 atom stereocenters. The first kappa shape index (κ1) is 12.3. The largest absolute Gasteiger partial charge is 0.504 e. The number of hydrogen-bond donors (Lipinski definition) is 1. The Balaban J connectivity index is 2.65. The number of benzene rings is 1. The summed E-state index contributed by atoms with van der Waals surface area (Å²) in [5, 5.41) is 9.53. The summed E-state index contributed by atoms with van der Waals surface area (Å²) < 4.78 is 4.94. The molecule has 1 rings (SSSR count). The van der Waals surface area contributed by atoms with Crippen LogP contribution >= 0.6 is 0 Å². The summed E-state index contributed by atoms with van der Waals surface area (Å²) in [6.45, 7) is 1.83. The number of ether oxygens (including phenoxy) is 1. The number of methoxy groups -OCH3 is 1. The van der Waals surface area contributed by atoms with Gasteiger partial charge in [0.25, 0.3) is 0 Å². The highest BCUT2D eigenvalue weighted by Crippen LogP contribution is 2.26. The number of allylic oxidation sites excluding steroid dienone is 2. The number of rotatable bonds is 5. The molecule has 0 heterocycles. The van der Waals surface area contributed by atoms with Crippen molar-refractivity contribution in [3.05, 3.63) is 35.9 Å². The summed E-state index contributed by atoms with van der Waals surface area (Å²) in [4.78, 5) is 11.0. The third-order valence-electron chi connectivity index (χ3n) is 2.25. The van der Waals surface area contributed by atoms with E-state index in [1.54, 1.807) is 24.3 Å². The molecule has 3 nitrogen and oxygen atoms in total. The van der Waals surface area contributed by atoms with Crippen LogP contribution in [0, 0.1) is 0 Å². The van der Waals surface area contributed by atoms with E-state index >= 15 is 0 Å². The van der Waals surface area contributed by atoms with E-state index in [0.717, 1.165) is 5.56 Å². The van der Waals surface area contributed by atoms with Gasteiger partial charge in [0.15, 0.2) is 17.3 Å². The molecule has 0 aliphatic heterocycles. The van der Waals surface area contributed by atoms with Crippen molar-refractivity contribution in [2.75, 3.05) is 7.11 Å². The zero-order valence-corrected chi connectivity index (χ0v) is 9.56. The molecule has 3 heteroatoms. The number of carbonyl (C=O) groups excluding carboxylic acids is 1. The molecule has 0 saturated heterocycles. The van der Waals surface area contributed by atoms with Crippen LogP contribution in [-0.2, 0) is 11.2 Å². The summed E-state index contributed by atoms with van der Waals surface area (Å²) in [7, 11) is 1.51. The Morgan fingerprint density at radius 2 is 2.25 bits per heavy atom. The lowest BCUT2D eigenvalue weighted by molar-refractivity contribution is -0.114. The minimum absolute atomic E-state index is 0.109. The average molecular weight is 220 g/mol. The van der Waals surface area contributed by atoms with Crippen LogP contribution in [0.2, 0.25) is 0 Å². The van der Waals surface area contributed by atoms with Gasteiger partial charge in [0, 0.05) is 6.42 Å². The average Bonchev–Trinajstić information content (AvgIpc) is 2.29. The van der Waals surface area contributed by atoms with Crippen molar-refractivity contribution in [3.63, 3.8) is 0 Å². The van der Waals surface area contributed by atoms with Crippen molar-refractivity contribution in [2.24, 2.45) is 0 Å². The summed E-state index contributed by atoms with van der Waals surface area (Å²) in [6.07, 6.45) is 4.52. The number of aromatic hydroxyl groups is 1. The maximum absolute atomic E-state index is 11.0. The standard InChI is InChI=1S/C13H16O3/c1-3-11(14)6-4-5-10-7-8-13(16-2)12(15)9-10/h4,6-9,15H,3,5H2,1-2H3. The molecule has 0 unspecified atom stereocenters. The number of ketones is 1. The Kier molecular flexibility index (Phi) is 4.58. The maximum Gasteiger partial charge on any atom is 0.160 e. The molecule has 1 N–H and O–H groups in total. The van der Waals surface area contributed by atoms with E-state index in [2.05, 4.69) is 0 Å². The van der Waals surface area contributed by atoms with E-state index in [-0.39, 0.29) is 11.5 Å². The molecule has 16 heavy (non-hydrogen) atoms. The predicted molar refractivity (Wildman–Crippen MR) is 62.8 cm³/mol. The lowest BCUT2D eigenvalue weighted by Gasteiger charge is -2.04. The highest BCUT2D eigenvalue weighted by molar-refractivity contribution is 5.89. The quantitative estimate of drug-likeness (QED) is 0.775. The van der Waals surface area contributed by atoms with Crippen LogP contribution in [-0.4, -0.2) is 18.0 Å². The van der Waals surface area contributed by atoms with E-state index < -0.39 is 0 Å². The number of phenols is 1. The van der Waals surface area contributed by atoms with E-state index in [4.69, 9.17) is 4.74 Å². The van der Waals surface area contributed by atoms with Crippen LogP contribution in [0.25, 0.3) is 0 Å². The van der Waals surface area contributed by atoms with Crippen molar-refractivity contribution < 1.29 is 14.6 Å². The molecule has 0 radical (unpaired) electrons. The first-order valence-electron chi connectivity index (χ1n) is 5.22. The Labute approximate surface area is 95.4 Å². The van der Waals surface area contributed by atoms with Crippen molar-refractivity contribution in [2.45, 2.75) is 19.8 Å². The summed E-state index contributed by atoms with van der Waals surface area (Å²) in [5.74, 6) is 0.685. The SMILES string of the molecule is CCC(=O)C=CCc1ccc(OC)c(O)c1. The molecular weight excluding hydrogens is 204 g/mol. The number of phenolic OH excluding ortho intramolecular Hbond substituents is 1. The Morgan fingerprint density at radius 3 is 2.81 bits per heavy atom. The molecule has 0 aromatic heterocycles. The van der Waals surface area contributed by atoms with Crippen LogP contribution < -0.4 is 4.74 Å². The van der Waals surface area contributed by atoms with Crippen LogP contribution in [0.15, 0.2) is 30.4 Å². The molecular formula is C13H16O3. The Bertz CT molecular complexity index is 394. The minimum atomic E-state index is 0.109. The molecule has 1 aromatic rings. The van der Waals surface area contributed by atoms with Gasteiger partial charge in [-0.05, 0) is 30.2 Å². The van der Waals surface area contributed by atoms with Gasteiger partial charge in [-0.2, -0.15) is 0 Å². The maximum atomic E-state index is 11.0. The summed E-state index contributed by atoms with van der Waals surface area (Å²) in [5.41, 5.74) is 0.943. The Hall–Kier alpha value is -1.77. The predicted octanol–water partition coefficient (Wildman–Crippen LogP) is 2.48. The fourth-order valence-electron chi connectivity index (χ4n) is 1.31. The van der Waals surface area contributed by atoms with Gasteiger partial charge in [0.05, 0.1) is 7.11 Å². The molecule has 0 saturated carbocycles. The van der Waals surface area contributed by atoms with Gasteiger partial charge in [-0.25, -0.2) is 0 Å². The molecule has 0 amide bonds. The Morgan fingerprint density at radius 1 is 1.50 bits per heavy atom. The molecule has 0 aliphatic rings. The first-order valence-corrected chi connectivity index (χ1v) is 5.22. The van der Waals surface area contributed by atoms with Crippen molar-refractivity contribution in [1.82, 2.24) is 0 Å². The van der Waals surface area contributed by atoms with Crippen molar-refractivity contribution in [1.29, 1.82) is 0 Å². The third-order valence-corrected chi connectivity index (χ3v) is 2.25. The van der Waals surface area contributed by atoms with E-state index in [1.165, 1.54) is 7.11 Å². The zero-order chi connectivity index (χ0) is 12.0. The fourth-order valence-corrected chi connectivity index (χ4v) is 1.31. The molecule has 0 spiro atoms. The smallest absolute Gasteiger partial charge is 0.160 e. The fraction of sp³-hybridized carbons (Fsp3) is 0.308. The van der Waals surface area contributed by atoms with E-state index in [0.29, 0.717) is 18.6 Å². The minimum Gasteiger partial charge on any atom is -0.504 e. The van der Waals surface area contributed by atoms with Gasteiger partial charge < -0.3 is 9.84 Å². The topological polar surface area (TPSA) is 46.5 Å². The van der Waals surface area contributed by atoms with Gasteiger partial charge in [-0.1, -0.05) is 19.1 Å². The van der Waals surface area contributed by atoms with Gasteiger partial charge in [-0.3, -0.25) is 4.79 Å². The number of carbonyl (C=O) groups is 1. The van der Waals surface area contributed by atoms with Gasteiger partial charge in [-0.15, -0.1) is 0 Å². The molecule has 0 aliphatic carbocycles. The van der Waals surface area contributed by atoms with Crippen LogP contribution in [0.3, 0.4) is 0 Å². The highest BCUT2D eigenvalue weighted by atomic mass is 16.5. The molecule has 0 bridgehead atoms. The summed E-state index contributed by atoms with van der Waals surface area (Å²) >= 11 is 0. The lowest BCUT2D eigenvalue weighted by Crippen LogP contribution is -1.89. The van der Waals surface area contributed by atoms with E-state index in [9.17, 15) is 9.90 Å². The zero-order valence-electron chi connectivity index (χ0n) is 9.56. The molecule has 86 valence electrons. The summed E-state index contributed by atoms with van der Waals surface area (Å²) in [6, 6.07) is 5.21. The normalized spacial score (nSPS) is 10.6. The second-order valence-corrected chi connectivity index (χ2v) is 3.43. The van der Waals surface area contributed by atoms with Gasteiger partial charge in [0.2, 0.25) is 0 Å². The first-order chi connectivity index (χ1) is 7.67. The van der Waals surface area contributed by atoms with Crippen molar-refractivity contribution in [3.8, 4) is 11.5 Å². The lowest BCUT2D eigenvalue weighted by atomic mass is 10.1. The molecule has 0 fully saturated rings. The van der Waals surface area contributed by atoms with Crippen molar-refractivity contribution >= 4 is 5.78 Å². The highest BCUT2D eigenvalue weighted by Gasteiger charge is 2.01. The third kappa shape index (κ3) is 3.42. The second kappa shape index (κ2) is 5.95. The van der Waals surface area contributed by atoms with Gasteiger partial charge >= 0.3 is 0 Å². The monoisotopic (exact) mass is 220 g/mol. The number of hydrogen-bond acceptors (Lipinski definition) is 3. The van der Waals surface area contributed by atoms with Crippen LogP contribution in [0.4, 0.5) is 0 Å². The van der Waals surface area contributed by atoms with Crippen LogP contribution in [0.5, 0.6) is 11.5 Å². The van der Waals surface area contributed by atoms with Gasteiger partial charge in [0.1, 0.15) is 0 Å². The van der Waals surface area contributed by atoms with E-state index in [1.807, 2.05) is 13.0 Å². The van der Waals surface area contributed by atoms with Crippen LogP contribution in [0.1, 0.15) is 18.9 Å².